The predicted molar refractivity (Wildman–Crippen MR) is 144 cm³/mol. The lowest BCUT2D eigenvalue weighted by Gasteiger charge is -2.30. The Morgan fingerprint density at radius 2 is 2.00 bits per heavy atom. The van der Waals surface area contributed by atoms with Crippen molar-refractivity contribution in [3.63, 3.8) is 0 Å². The summed E-state index contributed by atoms with van der Waals surface area (Å²) in [6, 6.07) is 14.8. The molecule has 1 atom stereocenters. The average Bonchev–Trinajstić information content (AvgIpc) is 3.47. The van der Waals surface area contributed by atoms with E-state index in [-0.39, 0.29) is 6.04 Å². The van der Waals surface area contributed by atoms with Crippen LogP contribution < -0.4 is 10.8 Å². The third-order valence-electron chi connectivity index (χ3n) is 6.60. The third-order valence-corrected chi connectivity index (χ3v) is 6.60. The number of nitrogens with one attached hydrogen (secondary N) is 3. The topological polar surface area (TPSA) is 107 Å². The second kappa shape index (κ2) is 11.6. The van der Waals surface area contributed by atoms with Gasteiger partial charge >= 0.3 is 6.09 Å². The van der Waals surface area contributed by atoms with Crippen LogP contribution >= 0.6 is 0 Å². The van der Waals surface area contributed by atoms with Crippen molar-refractivity contribution in [1.29, 1.82) is 0 Å². The van der Waals surface area contributed by atoms with E-state index in [0.29, 0.717) is 13.1 Å². The molecule has 4 N–H and O–H groups in total. The summed E-state index contributed by atoms with van der Waals surface area (Å²) < 4.78 is 5.41. The standard InChI is InChI=1S/C29H36N4O4/c1-29(2,3)37-28(35)30-15-17-33(16-14-22-19-31-25-7-5-4-6-23(22)25)26-12-10-21-18-20(8-11-24(21)26)9-13-27(34)32-36/h4-9,11,13,18-19,26,31,36H,10,12,14-17H2,1-3H3,(H,30,35)(H,32,34)/b13-9+. The minimum absolute atomic E-state index is 0.236. The Balaban J connectivity index is 1.48. The van der Waals surface area contributed by atoms with Gasteiger partial charge in [0.15, 0.2) is 0 Å². The van der Waals surface area contributed by atoms with Gasteiger partial charge in [-0.15, -0.1) is 0 Å². The zero-order valence-corrected chi connectivity index (χ0v) is 21.7. The molecule has 0 aliphatic heterocycles. The molecule has 8 heteroatoms. The normalized spacial score (nSPS) is 15.3. The number of carbonyl (C=O) groups is 2. The van der Waals surface area contributed by atoms with Crippen molar-refractivity contribution in [3.05, 3.63) is 77.0 Å². The molecule has 1 heterocycles. The molecule has 4 rings (SSSR count). The van der Waals surface area contributed by atoms with Gasteiger partial charge in [-0.3, -0.25) is 14.9 Å². The summed E-state index contributed by atoms with van der Waals surface area (Å²) in [7, 11) is 0. The smallest absolute Gasteiger partial charge is 0.407 e. The largest absolute Gasteiger partial charge is 0.444 e. The summed E-state index contributed by atoms with van der Waals surface area (Å²) in [4.78, 5) is 29.4. The molecule has 1 unspecified atom stereocenters. The minimum Gasteiger partial charge on any atom is -0.444 e. The van der Waals surface area contributed by atoms with Crippen LogP contribution in [0.25, 0.3) is 17.0 Å². The number of para-hydroxylation sites is 1. The second-order valence-electron chi connectivity index (χ2n) is 10.4. The van der Waals surface area contributed by atoms with Crippen molar-refractivity contribution in [2.24, 2.45) is 0 Å². The van der Waals surface area contributed by atoms with Crippen molar-refractivity contribution in [2.45, 2.75) is 51.7 Å². The lowest BCUT2D eigenvalue weighted by Crippen LogP contribution is -2.39. The summed E-state index contributed by atoms with van der Waals surface area (Å²) in [5, 5.41) is 12.9. The van der Waals surface area contributed by atoms with Crippen molar-refractivity contribution < 1.29 is 19.5 Å². The summed E-state index contributed by atoms with van der Waals surface area (Å²) in [5.41, 5.74) is 6.95. The SMILES string of the molecule is CC(C)(C)OC(=O)NCCN(CCc1c[nH]c2ccccc12)C1CCc2cc(/C=C/C(=O)NO)ccc21. The van der Waals surface area contributed by atoms with Crippen molar-refractivity contribution in [2.75, 3.05) is 19.6 Å². The molecule has 1 aliphatic carbocycles. The molecule has 196 valence electrons. The van der Waals surface area contributed by atoms with Gasteiger partial charge in [-0.2, -0.15) is 0 Å². The Morgan fingerprint density at radius 1 is 1.19 bits per heavy atom. The fourth-order valence-electron chi connectivity index (χ4n) is 4.95. The summed E-state index contributed by atoms with van der Waals surface area (Å²) in [5.74, 6) is -0.556. The molecule has 0 spiro atoms. The van der Waals surface area contributed by atoms with E-state index in [2.05, 4.69) is 51.7 Å². The van der Waals surface area contributed by atoms with Crippen LogP contribution in [0.15, 0.2) is 54.7 Å². The molecule has 0 saturated heterocycles. The monoisotopic (exact) mass is 504 g/mol. The molecule has 2 amide bonds. The molecular weight excluding hydrogens is 468 g/mol. The quantitative estimate of drug-likeness (QED) is 0.191. The molecular formula is C29H36N4O4. The van der Waals surface area contributed by atoms with E-state index in [4.69, 9.17) is 9.94 Å². The van der Waals surface area contributed by atoms with Crippen molar-refractivity contribution >= 4 is 29.0 Å². The number of rotatable bonds is 9. The molecule has 0 bridgehead atoms. The molecule has 1 aliphatic rings. The van der Waals surface area contributed by atoms with E-state index in [1.54, 1.807) is 11.6 Å². The van der Waals surface area contributed by atoms with Gasteiger partial charge in [-0.05, 0) is 74.4 Å². The molecule has 1 aromatic heterocycles. The van der Waals surface area contributed by atoms with Gasteiger partial charge in [0.1, 0.15) is 5.60 Å². The Hall–Kier alpha value is -3.62. The molecule has 0 saturated carbocycles. The number of fused-ring (bicyclic) bond motifs is 2. The Bertz CT molecular complexity index is 1270. The fraction of sp³-hybridized carbons (Fsp3) is 0.379. The van der Waals surface area contributed by atoms with E-state index in [1.807, 2.05) is 32.9 Å². The highest BCUT2D eigenvalue weighted by atomic mass is 16.6. The number of H-pyrrole nitrogens is 1. The first kappa shape index (κ1) is 26.4. The summed E-state index contributed by atoms with van der Waals surface area (Å²) in [6.45, 7) is 7.61. The highest BCUT2D eigenvalue weighted by Gasteiger charge is 2.28. The number of nitrogens with zero attached hydrogens (tertiary/aromatic N) is 1. The maximum atomic E-state index is 12.2. The van der Waals surface area contributed by atoms with E-state index in [1.165, 1.54) is 28.2 Å². The number of hydroxylamine groups is 1. The fourth-order valence-corrected chi connectivity index (χ4v) is 4.95. The maximum Gasteiger partial charge on any atom is 0.407 e. The Kier molecular flexibility index (Phi) is 8.31. The molecule has 0 fully saturated rings. The first-order valence-electron chi connectivity index (χ1n) is 12.7. The van der Waals surface area contributed by atoms with Crippen LogP contribution in [-0.4, -0.2) is 52.3 Å². The van der Waals surface area contributed by atoms with Gasteiger partial charge in [0, 0.05) is 48.9 Å². The Morgan fingerprint density at radius 3 is 2.78 bits per heavy atom. The lowest BCUT2D eigenvalue weighted by atomic mass is 10.0. The number of aryl methyl sites for hydroxylation is 1. The van der Waals surface area contributed by atoms with Crippen LogP contribution in [0.4, 0.5) is 4.79 Å². The van der Waals surface area contributed by atoms with Crippen LogP contribution in [0.3, 0.4) is 0 Å². The summed E-state index contributed by atoms with van der Waals surface area (Å²) in [6.07, 6.45) is 7.50. The van der Waals surface area contributed by atoms with Gasteiger partial charge in [0.25, 0.3) is 5.91 Å². The van der Waals surface area contributed by atoms with Gasteiger partial charge in [0.05, 0.1) is 0 Å². The number of hydrogen-bond donors (Lipinski definition) is 4. The van der Waals surface area contributed by atoms with Gasteiger partial charge in [-0.1, -0.05) is 36.4 Å². The maximum absolute atomic E-state index is 12.2. The first-order valence-corrected chi connectivity index (χ1v) is 12.7. The zero-order valence-electron chi connectivity index (χ0n) is 21.7. The number of amides is 2. The molecule has 3 aromatic rings. The molecule has 2 aromatic carbocycles. The number of benzene rings is 2. The predicted octanol–water partition coefficient (Wildman–Crippen LogP) is 4.74. The van der Waals surface area contributed by atoms with E-state index in [0.717, 1.165) is 36.9 Å². The van der Waals surface area contributed by atoms with Crippen LogP contribution in [0.1, 0.15) is 55.5 Å². The highest BCUT2D eigenvalue weighted by Crippen LogP contribution is 2.36. The number of carbonyl (C=O) groups excluding carboxylic acids is 2. The van der Waals surface area contributed by atoms with E-state index >= 15 is 0 Å². The van der Waals surface area contributed by atoms with Gasteiger partial charge in [-0.25, -0.2) is 10.3 Å². The lowest BCUT2D eigenvalue weighted by molar-refractivity contribution is -0.124. The summed E-state index contributed by atoms with van der Waals surface area (Å²) >= 11 is 0. The third kappa shape index (κ3) is 6.99. The molecule has 37 heavy (non-hydrogen) atoms. The van der Waals surface area contributed by atoms with Crippen LogP contribution in [0, 0.1) is 0 Å². The van der Waals surface area contributed by atoms with Crippen LogP contribution in [-0.2, 0) is 22.4 Å². The average molecular weight is 505 g/mol. The number of aromatic amines is 1. The number of alkyl carbamates (subject to hydrolysis) is 1. The number of hydrogen-bond acceptors (Lipinski definition) is 5. The highest BCUT2D eigenvalue weighted by molar-refractivity contribution is 5.90. The zero-order chi connectivity index (χ0) is 26.4. The first-order chi connectivity index (χ1) is 17.7. The number of aromatic nitrogens is 1. The van der Waals surface area contributed by atoms with Crippen LogP contribution in [0.2, 0.25) is 0 Å². The Labute approximate surface area is 217 Å². The number of ether oxygens (including phenoxy) is 1. The van der Waals surface area contributed by atoms with Crippen molar-refractivity contribution in [1.82, 2.24) is 20.7 Å². The van der Waals surface area contributed by atoms with Gasteiger partial charge in [0.2, 0.25) is 0 Å². The van der Waals surface area contributed by atoms with E-state index < -0.39 is 17.6 Å². The van der Waals surface area contributed by atoms with Crippen LogP contribution in [0.5, 0.6) is 0 Å². The molecule has 0 radical (unpaired) electrons. The second-order valence-corrected chi connectivity index (χ2v) is 10.4. The van der Waals surface area contributed by atoms with Crippen molar-refractivity contribution in [3.8, 4) is 0 Å². The van der Waals surface area contributed by atoms with Gasteiger partial charge < -0.3 is 15.0 Å². The van der Waals surface area contributed by atoms with E-state index in [9.17, 15) is 9.59 Å². The minimum atomic E-state index is -0.556. The molecule has 8 nitrogen and oxygen atoms in total.